The monoisotopic (exact) mass is 395 g/mol. The van der Waals surface area contributed by atoms with Crippen LogP contribution in [-0.2, 0) is 15.3 Å². The third-order valence-corrected chi connectivity index (χ3v) is 6.03. The van der Waals surface area contributed by atoms with Gasteiger partial charge in [-0.1, -0.05) is 20.8 Å². The van der Waals surface area contributed by atoms with Crippen molar-refractivity contribution in [3.8, 4) is 0 Å². The van der Waals surface area contributed by atoms with Crippen molar-refractivity contribution in [2.75, 3.05) is 17.2 Å². The number of aromatic nitrogens is 2. The Morgan fingerprint density at radius 3 is 2.42 bits per heavy atom. The average Bonchev–Trinajstić information content (AvgIpc) is 2.61. The molecule has 2 heterocycles. The minimum absolute atomic E-state index is 0.120. The molecular weight excluding hydrogens is 377 g/mol. The number of hydrogen-bond acceptors (Lipinski definition) is 5. The Balaban J connectivity index is 2.47. The van der Waals surface area contributed by atoms with Crippen LogP contribution < -0.4 is 5.73 Å². The molecule has 0 aromatic carbocycles. The summed E-state index contributed by atoms with van der Waals surface area (Å²) in [6, 6.07) is 0. The maximum Gasteiger partial charge on any atom is 0.151 e. The van der Waals surface area contributed by atoms with Crippen LogP contribution in [-0.4, -0.2) is 29.9 Å². The molecule has 19 heavy (non-hydrogen) atoms. The summed E-state index contributed by atoms with van der Waals surface area (Å²) in [5.41, 5.74) is 6.70. The quantitative estimate of drug-likeness (QED) is 0.734. The minimum atomic E-state index is -2.94. The van der Waals surface area contributed by atoms with Crippen molar-refractivity contribution in [1.82, 2.24) is 9.97 Å². The van der Waals surface area contributed by atoms with E-state index < -0.39 is 9.84 Å². The maximum absolute atomic E-state index is 11.6. The maximum atomic E-state index is 11.6. The highest BCUT2D eigenvalue weighted by Gasteiger charge is 2.32. The smallest absolute Gasteiger partial charge is 0.151 e. The first-order valence-electron chi connectivity index (χ1n) is 6.14. The van der Waals surface area contributed by atoms with Gasteiger partial charge in [-0.05, 0) is 29.0 Å². The Hall–Kier alpha value is -0.440. The lowest BCUT2D eigenvalue weighted by Crippen LogP contribution is -2.20. The molecule has 1 aliphatic heterocycles. The van der Waals surface area contributed by atoms with E-state index in [0.29, 0.717) is 18.1 Å². The van der Waals surface area contributed by atoms with E-state index in [1.165, 1.54) is 0 Å². The van der Waals surface area contributed by atoms with Crippen LogP contribution in [0, 0.1) is 3.57 Å². The van der Waals surface area contributed by atoms with Crippen molar-refractivity contribution < 1.29 is 8.42 Å². The third-order valence-electron chi connectivity index (χ3n) is 3.20. The summed E-state index contributed by atoms with van der Waals surface area (Å²) >= 11 is 2.15. The molecule has 1 atom stereocenters. The molecule has 106 valence electrons. The van der Waals surface area contributed by atoms with Gasteiger partial charge in [-0.15, -0.1) is 0 Å². The highest BCUT2D eigenvalue weighted by atomic mass is 127. The lowest BCUT2D eigenvalue weighted by Gasteiger charge is -2.22. The zero-order valence-corrected chi connectivity index (χ0v) is 14.2. The van der Waals surface area contributed by atoms with Crippen molar-refractivity contribution in [1.29, 1.82) is 0 Å². The predicted octanol–water partition coefficient (Wildman–Crippen LogP) is 1.86. The molecule has 5 nitrogen and oxygen atoms in total. The molecule has 0 amide bonds. The van der Waals surface area contributed by atoms with E-state index in [0.717, 1.165) is 9.26 Å². The zero-order valence-electron chi connectivity index (χ0n) is 11.3. The molecule has 1 aromatic rings. The fourth-order valence-corrected chi connectivity index (χ4v) is 4.95. The van der Waals surface area contributed by atoms with Crippen LogP contribution in [0.2, 0.25) is 0 Å². The van der Waals surface area contributed by atoms with Crippen LogP contribution in [0.3, 0.4) is 0 Å². The second kappa shape index (κ2) is 4.83. The van der Waals surface area contributed by atoms with Gasteiger partial charge in [-0.3, -0.25) is 0 Å². The van der Waals surface area contributed by atoms with Crippen LogP contribution >= 0.6 is 22.6 Å². The Bertz CT molecular complexity index is 608. The molecule has 0 saturated carbocycles. The van der Waals surface area contributed by atoms with E-state index in [4.69, 9.17) is 5.73 Å². The first kappa shape index (κ1) is 15.0. The Labute approximate surface area is 127 Å². The van der Waals surface area contributed by atoms with Crippen LogP contribution in [0.1, 0.15) is 44.6 Å². The molecule has 0 bridgehead atoms. The van der Waals surface area contributed by atoms with Crippen molar-refractivity contribution in [3.63, 3.8) is 0 Å². The fourth-order valence-electron chi connectivity index (χ4n) is 2.16. The van der Waals surface area contributed by atoms with Crippen LogP contribution in [0.5, 0.6) is 0 Å². The van der Waals surface area contributed by atoms with Crippen LogP contribution in [0.15, 0.2) is 0 Å². The van der Waals surface area contributed by atoms with Gasteiger partial charge in [0.1, 0.15) is 11.6 Å². The molecule has 1 unspecified atom stereocenters. The largest absolute Gasteiger partial charge is 0.383 e. The summed E-state index contributed by atoms with van der Waals surface area (Å²) in [6.45, 7) is 6.18. The summed E-state index contributed by atoms with van der Waals surface area (Å²) in [7, 11) is -2.94. The number of anilines is 1. The van der Waals surface area contributed by atoms with E-state index in [9.17, 15) is 8.42 Å². The van der Waals surface area contributed by atoms with Gasteiger partial charge < -0.3 is 5.73 Å². The highest BCUT2D eigenvalue weighted by molar-refractivity contribution is 14.1. The van der Waals surface area contributed by atoms with Crippen molar-refractivity contribution in [2.45, 2.75) is 38.5 Å². The van der Waals surface area contributed by atoms with E-state index in [2.05, 4.69) is 53.3 Å². The van der Waals surface area contributed by atoms with E-state index in [1.54, 1.807) is 0 Å². The topological polar surface area (TPSA) is 85.9 Å². The number of nitrogens with zero attached hydrogens (tertiary/aromatic N) is 2. The van der Waals surface area contributed by atoms with Gasteiger partial charge in [-0.2, -0.15) is 0 Å². The van der Waals surface area contributed by atoms with Gasteiger partial charge in [-0.25, -0.2) is 18.4 Å². The van der Waals surface area contributed by atoms with Crippen molar-refractivity contribution in [3.05, 3.63) is 15.1 Å². The summed E-state index contributed by atoms with van der Waals surface area (Å²) < 4.78 is 24.0. The van der Waals surface area contributed by atoms with Crippen LogP contribution in [0.4, 0.5) is 5.82 Å². The second-order valence-corrected chi connectivity index (χ2v) is 9.29. The summed E-state index contributed by atoms with van der Waals surface area (Å²) in [6.07, 6.45) is 0.589. The van der Waals surface area contributed by atoms with Gasteiger partial charge in [0, 0.05) is 11.3 Å². The van der Waals surface area contributed by atoms with Crippen LogP contribution in [0.25, 0.3) is 0 Å². The molecule has 2 rings (SSSR count). The molecule has 2 N–H and O–H groups in total. The Morgan fingerprint density at radius 2 is 1.95 bits per heavy atom. The number of nitrogen functional groups attached to an aromatic ring is 1. The zero-order chi connectivity index (χ0) is 14.4. The highest BCUT2D eigenvalue weighted by Crippen LogP contribution is 2.32. The number of hydrogen-bond donors (Lipinski definition) is 1. The number of sulfone groups is 1. The first-order chi connectivity index (χ1) is 8.60. The van der Waals surface area contributed by atoms with E-state index in [1.807, 2.05) is 0 Å². The lowest BCUT2D eigenvalue weighted by molar-refractivity contribution is 0.552. The summed E-state index contributed by atoms with van der Waals surface area (Å²) in [4.78, 5) is 8.88. The van der Waals surface area contributed by atoms with E-state index in [-0.39, 0.29) is 22.8 Å². The normalized spacial score (nSPS) is 22.6. The van der Waals surface area contributed by atoms with Gasteiger partial charge in [0.05, 0.1) is 20.8 Å². The predicted molar refractivity (Wildman–Crippen MR) is 83.9 cm³/mol. The Morgan fingerprint density at radius 1 is 1.32 bits per heavy atom. The Kier molecular flexibility index (Phi) is 3.81. The van der Waals surface area contributed by atoms with Gasteiger partial charge >= 0.3 is 0 Å². The molecule has 0 radical (unpaired) electrons. The molecule has 7 heteroatoms. The summed E-state index contributed by atoms with van der Waals surface area (Å²) in [5.74, 6) is 1.25. The lowest BCUT2D eigenvalue weighted by atomic mass is 9.91. The second-order valence-electron chi connectivity index (χ2n) is 5.98. The third kappa shape index (κ3) is 3.18. The standard InChI is InChI=1S/C12H18IN3O2S/c1-12(2,3)9-8(13)10(14)16-11(15-9)7-4-5-19(17,18)6-7/h7H,4-6H2,1-3H3,(H2,14,15,16). The molecular formula is C12H18IN3O2S. The van der Waals surface area contributed by atoms with Gasteiger partial charge in [0.15, 0.2) is 9.84 Å². The molecule has 1 saturated heterocycles. The number of halogens is 1. The molecule has 1 aliphatic rings. The average molecular weight is 395 g/mol. The molecule has 0 spiro atoms. The first-order valence-corrected chi connectivity index (χ1v) is 9.04. The summed E-state index contributed by atoms with van der Waals surface area (Å²) in [5, 5.41) is 0. The molecule has 1 fully saturated rings. The van der Waals surface area contributed by atoms with Gasteiger partial charge in [0.25, 0.3) is 0 Å². The van der Waals surface area contributed by atoms with E-state index >= 15 is 0 Å². The number of nitrogens with two attached hydrogens (primary N) is 1. The fraction of sp³-hybridized carbons (Fsp3) is 0.667. The van der Waals surface area contributed by atoms with Crippen molar-refractivity contribution >= 4 is 38.2 Å². The number of rotatable bonds is 1. The SMILES string of the molecule is CC(C)(C)c1nc(C2CCS(=O)(=O)C2)nc(N)c1I. The molecule has 1 aromatic heterocycles. The minimum Gasteiger partial charge on any atom is -0.383 e. The van der Waals surface area contributed by atoms with Gasteiger partial charge in [0.2, 0.25) is 0 Å². The molecule has 0 aliphatic carbocycles. The van der Waals surface area contributed by atoms with Crippen molar-refractivity contribution in [2.24, 2.45) is 0 Å².